The number of halogens is 3. The molecule has 0 heterocycles. The highest BCUT2D eigenvalue weighted by Gasteiger charge is 2.06. The van der Waals surface area contributed by atoms with Crippen LogP contribution in [0, 0.1) is 0 Å². The van der Waals surface area contributed by atoms with E-state index in [1.165, 1.54) is 0 Å². The quantitative estimate of drug-likeness (QED) is 0.710. The average Bonchev–Trinajstić information content (AvgIpc) is 2.15. The standard InChI is InChI=1S/C9H9Cl2FO/c10-6-7-2-1-3-8(11)9(7)13-5-4-12/h1-3H,4-6H2. The summed E-state index contributed by atoms with van der Waals surface area (Å²) in [5, 5.41) is 0.464. The second-order valence-corrected chi connectivity index (χ2v) is 3.07. The van der Waals surface area contributed by atoms with E-state index in [9.17, 15) is 4.39 Å². The lowest BCUT2D eigenvalue weighted by atomic mass is 10.2. The molecule has 72 valence electrons. The summed E-state index contributed by atoms with van der Waals surface area (Å²) in [5.41, 5.74) is 0.780. The van der Waals surface area contributed by atoms with Crippen LogP contribution in [0.5, 0.6) is 5.75 Å². The van der Waals surface area contributed by atoms with Crippen LogP contribution < -0.4 is 4.74 Å². The first-order valence-electron chi connectivity index (χ1n) is 3.81. The van der Waals surface area contributed by atoms with Gasteiger partial charge in [0.1, 0.15) is 19.0 Å². The number of benzene rings is 1. The zero-order valence-corrected chi connectivity index (χ0v) is 8.41. The van der Waals surface area contributed by atoms with Gasteiger partial charge in [0.2, 0.25) is 0 Å². The highest BCUT2D eigenvalue weighted by Crippen LogP contribution is 2.29. The van der Waals surface area contributed by atoms with Gasteiger partial charge in [-0.1, -0.05) is 23.7 Å². The molecule has 0 fully saturated rings. The van der Waals surface area contributed by atoms with Gasteiger partial charge in [-0.25, -0.2) is 4.39 Å². The van der Waals surface area contributed by atoms with E-state index in [1.807, 2.05) is 0 Å². The van der Waals surface area contributed by atoms with Crippen molar-refractivity contribution in [3.05, 3.63) is 28.8 Å². The highest BCUT2D eigenvalue weighted by molar-refractivity contribution is 6.32. The molecule has 1 rings (SSSR count). The molecule has 0 N–H and O–H groups in total. The van der Waals surface area contributed by atoms with Crippen LogP contribution in [-0.4, -0.2) is 13.3 Å². The largest absolute Gasteiger partial charge is 0.489 e. The second-order valence-electron chi connectivity index (χ2n) is 2.40. The average molecular weight is 223 g/mol. The van der Waals surface area contributed by atoms with Crippen molar-refractivity contribution < 1.29 is 9.13 Å². The van der Waals surface area contributed by atoms with E-state index in [0.29, 0.717) is 16.7 Å². The van der Waals surface area contributed by atoms with Gasteiger partial charge in [0, 0.05) is 5.56 Å². The fourth-order valence-electron chi connectivity index (χ4n) is 0.961. The maximum Gasteiger partial charge on any atom is 0.142 e. The monoisotopic (exact) mass is 222 g/mol. The van der Waals surface area contributed by atoms with Crippen molar-refractivity contribution in [2.24, 2.45) is 0 Å². The van der Waals surface area contributed by atoms with Crippen molar-refractivity contribution in [2.45, 2.75) is 5.88 Å². The van der Waals surface area contributed by atoms with E-state index < -0.39 is 6.67 Å². The van der Waals surface area contributed by atoms with Gasteiger partial charge < -0.3 is 4.74 Å². The van der Waals surface area contributed by atoms with Gasteiger partial charge >= 0.3 is 0 Å². The molecule has 0 unspecified atom stereocenters. The number of hydrogen-bond donors (Lipinski definition) is 0. The normalized spacial score (nSPS) is 10.1. The Hall–Kier alpha value is -0.470. The third-order valence-electron chi connectivity index (χ3n) is 1.52. The molecule has 1 aromatic rings. The van der Waals surface area contributed by atoms with Crippen molar-refractivity contribution in [3.63, 3.8) is 0 Å². The number of alkyl halides is 2. The zero-order valence-electron chi connectivity index (χ0n) is 6.90. The Labute approximate surface area is 86.4 Å². The first kappa shape index (κ1) is 10.6. The van der Waals surface area contributed by atoms with Crippen molar-refractivity contribution in [1.29, 1.82) is 0 Å². The summed E-state index contributed by atoms with van der Waals surface area (Å²) < 4.78 is 17.0. The van der Waals surface area contributed by atoms with Gasteiger partial charge in [0.15, 0.2) is 0 Å². The summed E-state index contributed by atoms with van der Waals surface area (Å²) in [6, 6.07) is 5.26. The van der Waals surface area contributed by atoms with Crippen LogP contribution in [0.3, 0.4) is 0 Å². The van der Waals surface area contributed by atoms with Gasteiger partial charge in [0.05, 0.1) is 10.9 Å². The molecule has 0 bridgehead atoms. The molecule has 0 radical (unpaired) electrons. The summed E-state index contributed by atoms with van der Waals surface area (Å²) in [5.74, 6) is 0.791. The Bertz CT molecular complexity index is 278. The predicted octanol–water partition coefficient (Wildman–Crippen LogP) is 3.43. The highest BCUT2D eigenvalue weighted by atomic mass is 35.5. The van der Waals surface area contributed by atoms with Crippen LogP contribution in [-0.2, 0) is 5.88 Å². The summed E-state index contributed by atoms with van der Waals surface area (Å²) in [6.07, 6.45) is 0. The molecule has 1 nitrogen and oxygen atoms in total. The predicted molar refractivity (Wildman–Crippen MR) is 52.5 cm³/mol. The van der Waals surface area contributed by atoms with E-state index >= 15 is 0 Å². The maximum absolute atomic E-state index is 11.8. The minimum Gasteiger partial charge on any atom is -0.489 e. The van der Waals surface area contributed by atoms with Crippen LogP contribution in [0.25, 0.3) is 0 Å². The zero-order chi connectivity index (χ0) is 9.68. The first-order valence-corrected chi connectivity index (χ1v) is 4.73. The van der Waals surface area contributed by atoms with Crippen LogP contribution in [0.1, 0.15) is 5.56 Å². The minimum absolute atomic E-state index is 0.00756. The molecule has 0 spiro atoms. The van der Waals surface area contributed by atoms with Crippen molar-refractivity contribution in [1.82, 2.24) is 0 Å². The third-order valence-corrected chi connectivity index (χ3v) is 2.10. The van der Waals surface area contributed by atoms with Crippen LogP contribution in [0.4, 0.5) is 4.39 Å². The Balaban J connectivity index is 2.87. The lowest BCUT2D eigenvalue weighted by Crippen LogP contribution is -2.01. The number of rotatable bonds is 4. The van der Waals surface area contributed by atoms with Crippen molar-refractivity contribution in [3.8, 4) is 5.75 Å². The summed E-state index contributed by atoms with van der Waals surface area (Å²) in [7, 11) is 0. The summed E-state index contributed by atoms with van der Waals surface area (Å²) >= 11 is 11.5. The number of hydrogen-bond acceptors (Lipinski definition) is 1. The molecule has 0 aliphatic rings. The molecule has 0 aliphatic heterocycles. The molecular formula is C9H9Cl2FO. The van der Waals surface area contributed by atoms with E-state index in [2.05, 4.69) is 0 Å². The molecule has 0 atom stereocenters. The van der Waals surface area contributed by atoms with Crippen LogP contribution in [0.2, 0.25) is 5.02 Å². The topological polar surface area (TPSA) is 9.23 Å². The van der Waals surface area contributed by atoms with Crippen molar-refractivity contribution in [2.75, 3.05) is 13.3 Å². The third kappa shape index (κ3) is 2.75. The van der Waals surface area contributed by atoms with E-state index in [-0.39, 0.29) is 6.61 Å². The molecule has 4 heteroatoms. The molecule has 0 aliphatic carbocycles. The number of para-hydroxylation sites is 1. The molecule has 0 amide bonds. The SMILES string of the molecule is FCCOc1c(Cl)cccc1CCl. The van der Waals surface area contributed by atoms with Gasteiger partial charge in [-0.15, -0.1) is 11.6 Å². The first-order chi connectivity index (χ1) is 6.29. The van der Waals surface area contributed by atoms with Crippen LogP contribution >= 0.6 is 23.2 Å². The van der Waals surface area contributed by atoms with Gasteiger partial charge in [-0.2, -0.15) is 0 Å². The van der Waals surface area contributed by atoms with Crippen molar-refractivity contribution >= 4 is 23.2 Å². The Kier molecular flexibility index (Phi) is 4.33. The van der Waals surface area contributed by atoms with E-state index in [4.69, 9.17) is 27.9 Å². The second kappa shape index (κ2) is 5.30. The molecule has 1 aromatic carbocycles. The Morgan fingerprint density at radius 3 is 2.77 bits per heavy atom. The summed E-state index contributed by atoms with van der Waals surface area (Å²) in [6.45, 7) is -0.527. The van der Waals surface area contributed by atoms with E-state index in [0.717, 1.165) is 5.56 Å². The minimum atomic E-state index is -0.535. The molecule has 0 aromatic heterocycles. The van der Waals surface area contributed by atoms with Gasteiger partial charge in [-0.3, -0.25) is 0 Å². The molecule has 13 heavy (non-hydrogen) atoms. The van der Waals surface area contributed by atoms with E-state index in [1.54, 1.807) is 18.2 Å². The summed E-state index contributed by atoms with van der Waals surface area (Å²) in [4.78, 5) is 0. The maximum atomic E-state index is 11.8. The van der Waals surface area contributed by atoms with Gasteiger partial charge in [0.25, 0.3) is 0 Å². The number of ether oxygens (including phenoxy) is 1. The fraction of sp³-hybridized carbons (Fsp3) is 0.333. The lowest BCUT2D eigenvalue weighted by molar-refractivity contribution is 0.272. The Morgan fingerprint density at radius 1 is 1.38 bits per heavy atom. The molecule has 0 saturated heterocycles. The lowest BCUT2D eigenvalue weighted by Gasteiger charge is -2.09. The molecule has 0 saturated carbocycles. The van der Waals surface area contributed by atoms with Crippen LogP contribution in [0.15, 0.2) is 18.2 Å². The molecular weight excluding hydrogens is 214 g/mol. The fourth-order valence-corrected chi connectivity index (χ4v) is 1.42. The van der Waals surface area contributed by atoms with Gasteiger partial charge in [-0.05, 0) is 6.07 Å². The smallest absolute Gasteiger partial charge is 0.142 e. The Morgan fingerprint density at radius 2 is 2.15 bits per heavy atom.